The Hall–Kier alpha value is -0.740. The molecule has 0 spiro atoms. The number of anilines is 1. The van der Waals surface area contributed by atoms with Crippen molar-refractivity contribution in [2.45, 2.75) is 43.9 Å². The van der Waals surface area contributed by atoms with Crippen LogP contribution in [0.3, 0.4) is 0 Å². The molecule has 0 aliphatic heterocycles. The maximum atomic E-state index is 5.84. The predicted octanol–water partition coefficient (Wildman–Crippen LogP) is 3.72. The molecule has 0 bridgehead atoms. The lowest BCUT2D eigenvalue weighted by atomic mass is 9.94. The van der Waals surface area contributed by atoms with Crippen LogP contribution < -0.4 is 11.1 Å². The molecule has 104 valence electrons. The molecule has 2 atom stereocenters. The lowest BCUT2D eigenvalue weighted by Crippen LogP contribution is -2.35. The summed E-state index contributed by atoms with van der Waals surface area (Å²) in [4.78, 5) is 0.475. The van der Waals surface area contributed by atoms with Gasteiger partial charge < -0.3 is 11.1 Å². The van der Waals surface area contributed by atoms with Crippen LogP contribution in [0.2, 0.25) is 0 Å². The molecular weight excluding hydrogens is 272 g/mol. The highest BCUT2D eigenvalue weighted by Gasteiger charge is 2.25. The summed E-state index contributed by atoms with van der Waals surface area (Å²) in [5.74, 6) is 0. The molecule has 1 aliphatic carbocycles. The van der Waals surface area contributed by atoms with Crippen molar-refractivity contribution >= 4 is 34.7 Å². The number of thiocarbonyl (C=S) groups is 1. The van der Waals surface area contributed by atoms with Crippen molar-refractivity contribution in [3.63, 3.8) is 0 Å². The average molecular weight is 294 g/mol. The minimum Gasteiger partial charge on any atom is -0.389 e. The first-order chi connectivity index (χ1) is 9.13. The normalized spacial score (nSPS) is 23.1. The second-order valence-corrected chi connectivity index (χ2v) is 6.69. The Bertz CT molecular complexity index is 459. The van der Waals surface area contributed by atoms with Crippen LogP contribution >= 0.6 is 24.0 Å². The molecule has 1 saturated carbocycles. The molecular formula is C15H22N2S2. The zero-order chi connectivity index (χ0) is 13.8. The van der Waals surface area contributed by atoms with Gasteiger partial charge in [-0.3, -0.25) is 0 Å². The van der Waals surface area contributed by atoms with Gasteiger partial charge in [0.25, 0.3) is 0 Å². The quantitative estimate of drug-likeness (QED) is 0.830. The Morgan fingerprint density at radius 2 is 2.11 bits per heavy atom. The molecule has 0 radical (unpaired) electrons. The van der Waals surface area contributed by atoms with Gasteiger partial charge in [0.05, 0.1) is 0 Å². The summed E-state index contributed by atoms with van der Waals surface area (Å²) in [5.41, 5.74) is 9.16. The van der Waals surface area contributed by atoms with Crippen LogP contribution in [0.15, 0.2) is 18.2 Å². The number of thioether (sulfide) groups is 1. The van der Waals surface area contributed by atoms with E-state index in [4.69, 9.17) is 18.0 Å². The van der Waals surface area contributed by atoms with E-state index < -0.39 is 0 Å². The van der Waals surface area contributed by atoms with Crippen LogP contribution in [0, 0.1) is 6.92 Å². The first-order valence-corrected chi connectivity index (χ1v) is 8.52. The third-order valence-electron chi connectivity index (χ3n) is 3.87. The maximum Gasteiger partial charge on any atom is 0.106 e. The number of hydrogen-bond acceptors (Lipinski definition) is 3. The van der Waals surface area contributed by atoms with Crippen LogP contribution in [0.4, 0.5) is 5.69 Å². The van der Waals surface area contributed by atoms with Gasteiger partial charge in [0, 0.05) is 22.5 Å². The van der Waals surface area contributed by atoms with E-state index in [1.807, 2.05) is 23.9 Å². The Morgan fingerprint density at radius 1 is 1.37 bits per heavy atom. The summed E-state index contributed by atoms with van der Waals surface area (Å²) in [5, 5.41) is 4.40. The zero-order valence-electron chi connectivity index (χ0n) is 11.6. The number of aryl methyl sites for hydroxylation is 1. The smallest absolute Gasteiger partial charge is 0.106 e. The third kappa shape index (κ3) is 3.42. The summed E-state index contributed by atoms with van der Waals surface area (Å²) in [6, 6.07) is 6.66. The van der Waals surface area contributed by atoms with E-state index in [-0.39, 0.29) is 0 Å². The molecule has 2 unspecified atom stereocenters. The van der Waals surface area contributed by atoms with Gasteiger partial charge in [-0.2, -0.15) is 11.8 Å². The van der Waals surface area contributed by atoms with Crippen LogP contribution in [0.5, 0.6) is 0 Å². The predicted molar refractivity (Wildman–Crippen MR) is 90.2 cm³/mol. The molecule has 2 rings (SSSR count). The Morgan fingerprint density at radius 3 is 2.79 bits per heavy atom. The molecule has 19 heavy (non-hydrogen) atoms. The second kappa shape index (κ2) is 6.62. The molecule has 0 saturated heterocycles. The van der Waals surface area contributed by atoms with Gasteiger partial charge in [0.15, 0.2) is 0 Å². The van der Waals surface area contributed by atoms with E-state index in [9.17, 15) is 0 Å². The number of benzene rings is 1. The van der Waals surface area contributed by atoms with Crippen LogP contribution in [0.25, 0.3) is 0 Å². The lowest BCUT2D eigenvalue weighted by molar-refractivity contribution is 0.475. The molecule has 1 aromatic rings. The Labute approximate surface area is 125 Å². The highest BCUT2D eigenvalue weighted by atomic mass is 32.2. The third-order valence-corrected chi connectivity index (χ3v) is 5.26. The maximum absolute atomic E-state index is 5.84. The molecule has 1 fully saturated rings. The largest absolute Gasteiger partial charge is 0.389 e. The van der Waals surface area contributed by atoms with Crippen molar-refractivity contribution < 1.29 is 0 Å². The molecule has 0 aromatic heterocycles. The zero-order valence-corrected chi connectivity index (χ0v) is 13.2. The molecule has 1 aliphatic rings. The molecule has 0 heterocycles. The summed E-state index contributed by atoms with van der Waals surface area (Å²) in [7, 11) is 0. The van der Waals surface area contributed by atoms with Gasteiger partial charge in [-0.1, -0.05) is 37.2 Å². The van der Waals surface area contributed by atoms with Crippen LogP contribution in [-0.4, -0.2) is 22.5 Å². The topological polar surface area (TPSA) is 38.0 Å². The Balaban J connectivity index is 2.24. The fraction of sp³-hybridized carbons (Fsp3) is 0.533. The Kier molecular flexibility index (Phi) is 5.11. The standard InChI is InChI=1S/C15H22N2S2/c1-10-6-5-7-11(15(16)18)14(10)17-12-8-3-4-9-13(12)19-2/h5-7,12-13,17H,3-4,8-9H2,1-2H3,(H2,16,18). The van der Waals surface area contributed by atoms with Gasteiger partial charge in [0.2, 0.25) is 0 Å². The summed E-state index contributed by atoms with van der Waals surface area (Å²) >= 11 is 7.13. The summed E-state index contributed by atoms with van der Waals surface area (Å²) < 4.78 is 0. The van der Waals surface area contributed by atoms with Crippen molar-refractivity contribution in [1.29, 1.82) is 0 Å². The minimum atomic E-state index is 0.475. The van der Waals surface area contributed by atoms with Crippen molar-refractivity contribution in [2.24, 2.45) is 5.73 Å². The first-order valence-electron chi connectivity index (χ1n) is 6.82. The summed E-state index contributed by atoms with van der Waals surface area (Å²) in [6.07, 6.45) is 7.39. The average Bonchev–Trinajstić information content (AvgIpc) is 2.41. The molecule has 3 N–H and O–H groups in total. The van der Waals surface area contributed by atoms with Gasteiger partial charge in [-0.05, 0) is 37.7 Å². The second-order valence-electron chi connectivity index (χ2n) is 5.17. The monoisotopic (exact) mass is 294 g/mol. The highest BCUT2D eigenvalue weighted by molar-refractivity contribution is 7.99. The fourth-order valence-corrected chi connectivity index (χ4v) is 3.90. The van der Waals surface area contributed by atoms with Crippen molar-refractivity contribution in [1.82, 2.24) is 0 Å². The molecule has 0 amide bonds. The van der Waals surface area contributed by atoms with Crippen LogP contribution in [-0.2, 0) is 0 Å². The fourth-order valence-electron chi connectivity index (χ4n) is 2.79. The van der Waals surface area contributed by atoms with E-state index >= 15 is 0 Å². The number of nitrogens with two attached hydrogens (primary N) is 1. The van der Waals surface area contributed by atoms with Gasteiger partial charge in [-0.25, -0.2) is 0 Å². The number of rotatable bonds is 4. The van der Waals surface area contributed by atoms with E-state index in [2.05, 4.69) is 24.6 Å². The van der Waals surface area contributed by atoms with Gasteiger partial charge in [0.1, 0.15) is 4.99 Å². The van der Waals surface area contributed by atoms with Gasteiger partial charge >= 0.3 is 0 Å². The summed E-state index contributed by atoms with van der Waals surface area (Å²) in [6.45, 7) is 2.11. The van der Waals surface area contributed by atoms with Gasteiger partial charge in [-0.15, -0.1) is 0 Å². The number of para-hydroxylation sites is 1. The molecule has 2 nitrogen and oxygen atoms in total. The van der Waals surface area contributed by atoms with E-state index in [0.29, 0.717) is 16.3 Å². The molecule has 1 aromatic carbocycles. The number of nitrogens with one attached hydrogen (secondary N) is 1. The van der Waals surface area contributed by atoms with Crippen molar-refractivity contribution in [3.05, 3.63) is 29.3 Å². The first kappa shape index (κ1) is 14.7. The van der Waals surface area contributed by atoms with E-state index in [1.165, 1.54) is 31.2 Å². The van der Waals surface area contributed by atoms with Crippen molar-refractivity contribution in [3.8, 4) is 0 Å². The molecule has 4 heteroatoms. The SMILES string of the molecule is CSC1CCCCC1Nc1c(C)cccc1C(N)=S. The number of hydrogen-bond donors (Lipinski definition) is 2. The van der Waals surface area contributed by atoms with E-state index in [0.717, 1.165) is 11.3 Å². The van der Waals surface area contributed by atoms with Crippen LogP contribution in [0.1, 0.15) is 36.8 Å². The van der Waals surface area contributed by atoms with Crippen molar-refractivity contribution in [2.75, 3.05) is 11.6 Å². The highest BCUT2D eigenvalue weighted by Crippen LogP contribution is 2.31. The lowest BCUT2D eigenvalue weighted by Gasteiger charge is -2.33. The van der Waals surface area contributed by atoms with E-state index in [1.54, 1.807) is 0 Å². The minimum absolute atomic E-state index is 0.475.